The van der Waals surface area contributed by atoms with Crippen LogP contribution in [0.3, 0.4) is 0 Å². The summed E-state index contributed by atoms with van der Waals surface area (Å²) in [6, 6.07) is 0.0636. The Kier molecular flexibility index (Phi) is 11.8. The van der Waals surface area contributed by atoms with E-state index in [4.69, 9.17) is 11.5 Å². The van der Waals surface area contributed by atoms with E-state index in [2.05, 4.69) is 8.37 Å². The van der Waals surface area contributed by atoms with Crippen LogP contribution in [-0.4, -0.2) is 48.7 Å². The molecule has 0 aliphatic rings. The van der Waals surface area contributed by atoms with Crippen molar-refractivity contribution in [3.05, 3.63) is 0 Å². The van der Waals surface area contributed by atoms with Gasteiger partial charge in [0.15, 0.2) is 0 Å². The molecular weight excluding hydrogens is 290 g/mol. The van der Waals surface area contributed by atoms with Crippen molar-refractivity contribution in [2.24, 2.45) is 11.5 Å². The third-order valence-electron chi connectivity index (χ3n) is 1.53. The number of hydrogen-bond donors (Lipinski definition) is 2. The van der Waals surface area contributed by atoms with Gasteiger partial charge in [0.1, 0.15) is 0 Å². The Morgan fingerprint density at radius 2 is 1.47 bits per heavy atom. The quantitative estimate of drug-likeness (QED) is 0.670. The average molecular weight is 306 g/mol. The molecule has 4 N–H and O–H groups in total. The van der Waals surface area contributed by atoms with Gasteiger partial charge in [-0.25, -0.2) is 9.59 Å². The largest absolute Gasteiger partial charge is 0.416 e. The van der Waals surface area contributed by atoms with E-state index in [1.165, 1.54) is 0 Å². The molecular formula is C7H16ClN3O4S2. The van der Waals surface area contributed by atoms with E-state index >= 15 is 0 Å². The van der Waals surface area contributed by atoms with E-state index in [-0.39, 0.29) is 18.4 Å². The van der Waals surface area contributed by atoms with Crippen LogP contribution in [0.5, 0.6) is 0 Å². The second-order valence-electron chi connectivity index (χ2n) is 2.99. The van der Waals surface area contributed by atoms with Gasteiger partial charge in [0.25, 0.3) is 0 Å². The minimum Gasteiger partial charge on any atom is -0.375 e. The number of amides is 2. The highest BCUT2D eigenvalue weighted by Crippen LogP contribution is 2.13. The Labute approximate surface area is 115 Å². The van der Waals surface area contributed by atoms with Crippen molar-refractivity contribution < 1.29 is 18.0 Å². The third kappa shape index (κ3) is 11.7. The lowest BCUT2D eigenvalue weighted by Crippen LogP contribution is -2.33. The second kappa shape index (κ2) is 10.6. The molecule has 0 bridgehead atoms. The van der Waals surface area contributed by atoms with E-state index in [1.807, 2.05) is 19.0 Å². The zero-order chi connectivity index (χ0) is 12.6. The molecule has 0 unspecified atom stereocenters. The minimum atomic E-state index is -0.830. The number of primary amides is 2. The summed E-state index contributed by atoms with van der Waals surface area (Å²) in [5.74, 6) is 1.04. The SMILES string of the molecule is CN(C)C(CSOC(N)=O)CSOC(N)=O.Cl. The monoisotopic (exact) mass is 305 g/mol. The van der Waals surface area contributed by atoms with Crippen LogP contribution in [0, 0.1) is 0 Å². The van der Waals surface area contributed by atoms with Crippen molar-refractivity contribution in [2.45, 2.75) is 6.04 Å². The normalized spacial score (nSPS) is 9.88. The maximum atomic E-state index is 10.3. The smallest absolute Gasteiger partial charge is 0.375 e. The zero-order valence-corrected chi connectivity index (χ0v) is 11.9. The average Bonchev–Trinajstić information content (AvgIpc) is 2.14. The summed E-state index contributed by atoms with van der Waals surface area (Å²) in [6.07, 6.45) is -1.66. The van der Waals surface area contributed by atoms with Crippen LogP contribution in [0.15, 0.2) is 0 Å². The molecule has 0 spiro atoms. The highest BCUT2D eigenvalue weighted by atomic mass is 35.5. The minimum absolute atomic E-state index is 0. The Morgan fingerprint density at radius 1 is 1.12 bits per heavy atom. The lowest BCUT2D eigenvalue weighted by atomic mass is 10.4. The van der Waals surface area contributed by atoms with Crippen LogP contribution in [0.1, 0.15) is 0 Å². The Morgan fingerprint density at radius 3 is 1.71 bits per heavy atom. The van der Waals surface area contributed by atoms with E-state index in [0.717, 1.165) is 24.1 Å². The van der Waals surface area contributed by atoms with E-state index in [1.54, 1.807) is 0 Å². The van der Waals surface area contributed by atoms with Gasteiger partial charge in [0.05, 0.1) is 24.1 Å². The summed E-state index contributed by atoms with van der Waals surface area (Å²) in [6.45, 7) is 0. The van der Waals surface area contributed by atoms with Gasteiger partial charge < -0.3 is 24.7 Å². The number of rotatable bonds is 7. The van der Waals surface area contributed by atoms with Crippen LogP contribution in [0.25, 0.3) is 0 Å². The van der Waals surface area contributed by atoms with Gasteiger partial charge in [0, 0.05) is 17.5 Å². The lowest BCUT2D eigenvalue weighted by Gasteiger charge is -2.21. The maximum absolute atomic E-state index is 10.3. The van der Waals surface area contributed by atoms with Crippen molar-refractivity contribution in [1.29, 1.82) is 0 Å². The first kappa shape index (κ1) is 18.8. The molecule has 0 aliphatic heterocycles. The number of carbonyl (C=O) groups is 2. The molecule has 0 aromatic heterocycles. The summed E-state index contributed by atoms with van der Waals surface area (Å²) >= 11 is 1.91. The number of carbonyl (C=O) groups excluding carboxylic acids is 2. The van der Waals surface area contributed by atoms with E-state index in [0.29, 0.717) is 11.5 Å². The van der Waals surface area contributed by atoms with Crippen LogP contribution in [-0.2, 0) is 8.37 Å². The van der Waals surface area contributed by atoms with Crippen LogP contribution in [0.4, 0.5) is 9.59 Å². The topological polar surface area (TPSA) is 108 Å². The molecule has 7 nitrogen and oxygen atoms in total. The molecule has 0 atom stereocenters. The molecule has 0 rings (SSSR count). The molecule has 0 radical (unpaired) electrons. The first-order valence-corrected chi connectivity index (χ1v) is 6.10. The Bertz CT molecular complexity index is 225. The Balaban J connectivity index is 0. The summed E-state index contributed by atoms with van der Waals surface area (Å²) < 4.78 is 9.07. The van der Waals surface area contributed by atoms with Crippen molar-refractivity contribution in [3.63, 3.8) is 0 Å². The predicted octanol–water partition coefficient (Wildman–Crippen LogP) is 0.825. The van der Waals surface area contributed by atoms with Crippen LogP contribution >= 0.6 is 36.5 Å². The van der Waals surface area contributed by atoms with Gasteiger partial charge in [-0.3, -0.25) is 0 Å². The molecule has 10 heteroatoms. The number of nitrogens with zero attached hydrogens (tertiary/aromatic N) is 1. The van der Waals surface area contributed by atoms with Crippen molar-refractivity contribution >= 4 is 48.7 Å². The van der Waals surface area contributed by atoms with Gasteiger partial charge in [-0.1, -0.05) is 0 Å². The molecule has 2 amide bonds. The fourth-order valence-electron chi connectivity index (χ4n) is 0.688. The third-order valence-corrected chi connectivity index (χ3v) is 3.14. The molecule has 0 aliphatic carbocycles. The number of hydrogen-bond acceptors (Lipinski definition) is 7. The van der Waals surface area contributed by atoms with Gasteiger partial charge in [0.2, 0.25) is 0 Å². The molecule has 0 aromatic rings. The van der Waals surface area contributed by atoms with E-state index in [9.17, 15) is 9.59 Å². The molecule has 0 fully saturated rings. The predicted molar refractivity (Wildman–Crippen MR) is 71.0 cm³/mol. The van der Waals surface area contributed by atoms with Gasteiger partial charge in [-0.15, -0.1) is 12.4 Å². The fourth-order valence-corrected chi connectivity index (χ4v) is 2.35. The summed E-state index contributed by atoms with van der Waals surface area (Å²) in [7, 11) is 3.72. The standard InChI is InChI=1S/C7H15N3O4S2.ClH/c1-10(2)5(3-15-13-6(8)11)4-16-14-7(9)12;/h5H,3-4H2,1-2H3,(H2,8,11)(H2,9,12);1H. The lowest BCUT2D eigenvalue weighted by molar-refractivity contribution is 0.217. The first-order valence-electron chi connectivity index (χ1n) is 4.27. The second-order valence-corrected chi connectivity index (χ2v) is 4.46. The number of halogens is 1. The summed E-state index contributed by atoms with van der Waals surface area (Å²) in [5, 5.41) is 0. The van der Waals surface area contributed by atoms with Crippen molar-refractivity contribution in [3.8, 4) is 0 Å². The molecule has 0 heterocycles. The first-order chi connectivity index (χ1) is 7.43. The van der Waals surface area contributed by atoms with Crippen molar-refractivity contribution in [2.75, 3.05) is 25.6 Å². The molecule has 0 saturated carbocycles. The Hall–Kier alpha value is -0.510. The molecule has 0 aromatic carbocycles. The summed E-state index contributed by atoms with van der Waals surface area (Å²) in [5.41, 5.74) is 9.62. The molecule has 17 heavy (non-hydrogen) atoms. The number of nitrogens with two attached hydrogens (primary N) is 2. The van der Waals surface area contributed by atoms with Gasteiger partial charge >= 0.3 is 12.2 Å². The zero-order valence-electron chi connectivity index (χ0n) is 9.45. The van der Waals surface area contributed by atoms with E-state index < -0.39 is 12.2 Å². The van der Waals surface area contributed by atoms with Crippen LogP contribution < -0.4 is 11.5 Å². The van der Waals surface area contributed by atoms with Crippen LogP contribution in [0.2, 0.25) is 0 Å². The van der Waals surface area contributed by atoms with Gasteiger partial charge in [-0.05, 0) is 14.1 Å². The highest BCUT2D eigenvalue weighted by molar-refractivity contribution is 7.96. The maximum Gasteiger partial charge on any atom is 0.416 e. The molecule has 102 valence electrons. The highest BCUT2D eigenvalue weighted by Gasteiger charge is 2.14. The van der Waals surface area contributed by atoms with Gasteiger partial charge in [-0.2, -0.15) is 0 Å². The fraction of sp³-hybridized carbons (Fsp3) is 0.714. The van der Waals surface area contributed by atoms with Crippen molar-refractivity contribution in [1.82, 2.24) is 4.90 Å². The molecule has 0 saturated heterocycles. The summed E-state index contributed by atoms with van der Waals surface area (Å²) in [4.78, 5) is 22.6.